The summed E-state index contributed by atoms with van der Waals surface area (Å²) in [5, 5.41) is 0.849. The van der Waals surface area contributed by atoms with Gasteiger partial charge in [0.1, 0.15) is 5.82 Å². The molecule has 88 valence electrons. The van der Waals surface area contributed by atoms with Gasteiger partial charge in [0.2, 0.25) is 0 Å². The molecular formula is C11H16BrN3S. The molecule has 5 heteroatoms. The van der Waals surface area contributed by atoms with E-state index in [4.69, 9.17) is 0 Å². The van der Waals surface area contributed by atoms with E-state index in [1.165, 1.54) is 25.7 Å². The molecular weight excluding hydrogens is 286 g/mol. The predicted molar refractivity (Wildman–Crippen MR) is 72.2 cm³/mol. The average Bonchev–Trinajstić information content (AvgIpc) is 2.58. The highest BCUT2D eigenvalue weighted by molar-refractivity contribution is 9.10. The van der Waals surface area contributed by atoms with Gasteiger partial charge in [0.05, 0.1) is 4.47 Å². The third kappa shape index (κ3) is 2.88. The summed E-state index contributed by atoms with van der Waals surface area (Å²) in [4.78, 5) is 11.2. The number of rotatable bonds is 2. The fourth-order valence-electron chi connectivity index (χ4n) is 1.95. The smallest absolute Gasteiger partial charge is 0.189 e. The highest BCUT2D eigenvalue weighted by Gasteiger charge is 2.15. The summed E-state index contributed by atoms with van der Waals surface area (Å²) in [6.07, 6.45) is 9.09. The Bertz CT molecular complexity index is 351. The molecule has 0 unspecified atom stereocenters. The molecule has 2 heterocycles. The molecule has 0 N–H and O–H groups in total. The Hall–Kier alpha value is -0.290. The van der Waals surface area contributed by atoms with Crippen molar-refractivity contribution < 1.29 is 0 Å². The van der Waals surface area contributed by atoms with Gasteiger partial charge in [-0.15, -0.1) is 0 Å². The second-order valence-corrected chi connectivity index (χ2v) is 5.56. The van der Waals surface area contributed by atoms with Crippen LogP contribution in [0.5, 0.6) is 0 Å². The first-order valence-electron chi connectivity index (χ1n) is 5.63. The van der Waals surface area contributed by atoms with Crippen LogP contribution in [0.25, 0.3) is 0 Å². The first-order chi connectivity index (χ1) is 7.81. The largest absolute Gasteiger partial charge is 0.356 e. The molecule has 0 amide bonds. The van der Waals surface area contributed by atoms with E-state index in [-0.39, 0.29) is 0 Å². The number of nitrogens with zero attached hydrogens (tertiary/aromatic N) is 3. The lowest BCUT2D eigenvalue weighted by Gasteiger charge is -2.22. The maximum atomic E-state index is 4.59. The Labute approximate surface area is 109 Å². The van der Waals surface area contributed by atoms with Crippen LogP contribution in [0.2, 0.25) is 0 Å². The minimum atomic E-state index is 0.849. The van der Waals surface area contributed by atoms with Crippen molar-refractivity contribution in [1.29, 1.82) is 0 Å². The predicted octanol–water partition coefficient (Wildman–Crippen LogP) is 3.34. The van der Waals surface area contributed by atoms with E-state index in [0.29, 0.717) is 0 Å². The molecule has 1 aliphatic heterocycles. The zero-order chi connectivity index (χ0) is 11.4. The molecule has 1 aromatic heterocycles. The first kappa shape index (κ1) is 12.2. The summed E-state index contributed by atoms with van der Waals surface area (Å²) < 4.78 is 1.01. The lowest BCUT2D eigenvalue weighted by Crippen LogP contribution is -2.25. The van der Waals surface area contributed by atoms with Crippen LogP contribution in [0.15, 0.2) is 15.8 Å². The van der Waals surface area contributed by atoms with Crippen molar-refractivity contribution in [3.8, 4) is 0 Å². The maximum absolute atomic E-state index is 4.59. The fraction of sp³-hybridized carbons (Fsp3) is 0.636. The molecule has 1 fully saturated rings. The minimum absolute atomic E-state index is 0.849. The Balaban J connectivity index is 2.22. The summed E-state index contributed by atoms with van der Waals surface area (Å²) in [6.45, 7) is 2.23. The van der Waals surface area contributed by atoms with Gasteiger partial charge in [-0.1, -0.05) is 24.6 Å². The van der Waals surface area contributed by atoms with Crippen molar-refractivity contribution in [1.82, 2.24) is 9.97 Å². The van der Waals surface area contributed by atoms with Crippen molar-refractivity contribution in [3.63, 3.8) is 0 Å². The quantitative estimate of drug-likeness (QED) is 0.619. The maximum Gasteiger partial charge on any atom is 0.189 e. The number of thioether (sulfide) groups is 1. The first-order valence-corrected chi connectivity index (χ1v) is 7.64. The summed E-state index contributed by atoms with van der Waals surface area (Å²) in [7, 11) is 0. The van der Waals surface area contributed by atoms with Crippen molar-refractivity contribution in [2.75, 3.05) is 24.2 Å². The van der Waals surface area contributed by atoms with Crippen LogP contribution in [0.3, 0.4) is 0 Å². The van der Waals surface area contributed by atoms with Crippen molar-refractivity contribution in [2.45, 2.75) is 30.8 Å². The molecule has 0 saturated carbocycles. The SMILES string of the molecule is CSc1ncc(Br)c(N2CCCCCC2)n1. The third-order valence-electron chi connectivity index (χ3n) is 2.79. The lowest BCUT2D eigenvalue weighted by molar-refractivity contribution is 0.726. The molecule has 0 radical (unpaired) electrons. The zero-order valence-corrected chi connectivity index (χ0v) is 11.9. The fourth-order valence-corrected chi connectivity index (χ4v) is 2.72. The normalized spacial score (nSPS) is 17.2. The minimum Gasteiger partial charge on any atom is -0.356 e. The van der Waals surface area contributed by atoms with Gasteiger partial charge >= 0.3 is 0 Å². The van der Waals surface area contributed by atoms with Gasteiger partial charge in [-0.2, -0.15) is 0 Å². The second-order valence-electron chi connectivity index (χ2n) is 3.93. The van der Waals surface area contributed by atoms with Crippen molar-refractivity contribution in [3.05, 3.63) is 10.7 Å². The Morgan fingerprint density at radius 2 is 1.94 bits per heavy atom. The molecule has 1 aliphatic rings. The van der Waals surface area contributed by atoms with E-state index >= 15 is 0 Å². The molecule has 1 saturated heterocycles. The van der Waals surface area contributed by atoms with Crippen LogP contribution in [0.1, 0.15) is 25.7 Å². The Morgan fingerprint density at radius 1 is 1.25 bits per heavy atom. The van der Waals surface area contributed by atoms with E-state index in [0.717, 1.165) is 28.5 Å². The molecule has 2 rings (SSSR count). The molecule has 0 spiro atoms. The summed E-state index contributed by atoms with van der Waals surface area (Å²) >= 11 is 5.14. The van der Waals surface area contributed by atoms with Crippen molar-refractivity contribution >= 4 is 33.5 Å². The number of anilines is 1. The highest BCUT2D eigenvalue weighted by Crippen LogP contribution is 2.27. The molecule has 3 nitrogen and oxygen atoms in total. The average molecular weight is 302 g/mol. The molecule has 0 bridgehead atoms. The molecule has 0 aliphatic carbocycles. The topological polar surface area (TPSA) is 29.0 Å². The molecule has 0 atom stereocenters. The highest BCUT2D eigenvalue weighted by atomic mass is 79.9. The van der Waals surface area contributed by atoms with Crippen LogP contribution < -0.4 is 4.90 Å². The van der Waals surface area contributed by atoms with E-state index in [1.54, 1.807) is 11.8 Å². The van der Waals surface area contributed by atoms with Gasteiger partial charge in [0.25, 0.3) is 0 Å². The van der Waals surface area contributed by atoms with E-state index in [2.05, 4.69) is 30.8 Å². The van der Waals surface area contributed by atoms with Gasteiger partial charge in [0.15, 0.2) is 5.16 Å². The van der Waals surface area contributed by atoms with E-state index in [9.17, 15) is 0 Å². The molecule has 16 heavy (non-hydrogen) atoms. The van der Waals surface area contributed by atoms with Gasteiger partial charge in [0, 0.05) is 19.3 Å². The number of hydrogen-bond donors (Lipinski definition) is 0. The van der Waals surface area contributed by atoms with Crippen LogP contribution in [-0.4, -0.2) is 29.3 Å². The zero-order valence-electron chi connectivity index (χ0n) is 9.45. The van der Waals surface area contributed by atoms with Crippen LogP contribution in [-0.2, 0) is 0 Å². The number of aromatic nitrogens is 2. The van der Waals surface area contributed by atoms with E-state index < -0.39 is 0 Å². The van der Waals surface area contributed by atoms with Crippen LogP contribution in [0.4, 0.5) is 5.82 Å². The van der Waals surface area contributed by atoms with Crippen LogP contribution >= 0.6 is 27.7 Å². The lowest BCUT2D eigenvalue weighted by atomic mass is 10.2. The molecule has 1 aromatic rings. The molecule has 0 aromatic carbocycles. The van der Waals surface area contributed by atoms with Gasteiger partial charge in [-0.25, -0.2) is 9.97 Å². The van der Waals surface area contributed by atoms with Crippen LogP contribution in [0, 0.1) is 0 Å². The monoisotopic (exact) mass is 301 g/mol. The second kappa shape index (κ2) is 5.87. The summed E-state index contributed by atoms with van der Waals surface area (Å²) in [5.74, 6) is 1.06. The Kier molecular flexibility index (Phi) is 4.46. The Morgan fingerprint density at radius 3 is 2.56 bits per heavy atom. The van der Waals surface area contributed by atoms with Gasteiger partial charge in [-0.05, 0) is 35.0 Å². The van der Waals surface area contributed by atoms with Gasteiger partial charge < -0.3 is 4.90 Å². The third-order valence-corrected chi connectivity index (χ3v) is 3.91. The number of hydrogen-bond acceptors (Lipinski definition) is 4. The summed E-state index contributed by atoms with van der Waals surface area (Å²) in [6, 6.07) is 0. The number of halogens is 1. The van der Waals surface area contributed by atoms with Gasteiger partial charge in [-0.3, -0.25) is 0 Å². The van der Waals surface area contributed by atoms with E-state index in [1.807, 2.05) is 12.5 Å². The van der Waals surface area contributed by atoms with Crippen molar-refractivity contribution in [2.24, 2.45) is 0 Å². The standard InChI is InChI=1S/C11H16BrN3S/c1-16-11-13-8-9(12)10(14-11)15-6-4-2-3-5-7-15/h8H,2-7H2,1H3. The summed E-state index contributed by atoms with van der Waals surface area (Å²) in [5.41, 5.74) is 0.